The van der Waals surface area contributed by atoms with Crippen LogP contribution in [0.5, 0.6) is 0 Å². The van der Waals surface area contributed by atoms with Gasteiger partial charge in [-0.3, -0.25) is 4.68 Å². The molecule has 0 radical (unpaired) electrons. The van der Waals surface area contributed by atoms with Gasteiger partial charge in [0.15, 0.2) is 0 Å². The van der Waals surface area contributed by atoms with Crippen molar-refractivity contribution in [1.82, 2.24) is 9.78 Å². The molecule has 0 bridgehead atoms. The zero-order valence-electron chi connectivity index (χ0n) is 11.0. The summed E-state index contributed by atoms with van der Waals surface area (Å²) in [5.74, 6) is 0. The fraction of sp³-hybridized carbons (Fsp3) is 0.400. The van der Waals surface area contributed by atoms with Crippen LogP contribution in [0.2, 0.25) is 0 Å². The van der Waals surface area contributed by atoms with Crippen molar-refractivity contribution in [3.05, 3.63) is 46.8 Å². The van der Waals surface area contributed by atoms with Crippen molar-refractivity contribution in [3.63, 3.8) is 0 Å². The van der Waals surface area contributed by atoms with Gasteiger partial charge in [-0.25, -0.2) is 0 Å². The Morgan fingerprint density at radius 3 is 3.00 bits per heavy atom. The van der Waals surface area contributed by atoms with Gasteiger partial charge in [0.25, 0.3) is 0 Å². The van der Waals surface area contributed by atoms with Gasteiger partial charge < -0.3 is 5.32 Å². The number of hydrogen-bond acceptors (Lipinski definition) is 2. The molecule has 0 unspecified atom stereocenters. The third-order valence-electron chi connectivity index (χ3n) is 3.60. The van der Waals surface area contributed by atoms with Crippen molar-refractivity contribution in [1.29, 1.82) is 0 Å². The summed E-state index contributed by atoms with van der Waals surface area (Å²) < 4.78 is 1.97. The SMILES string of the molecule is Cc1cc(Cc2ccc3c(c2)NCCC3)n(C)n1. The highest BCUT2D eigenvalue weighted by Crippen LogP contribution is 2.24. The first kappa shape index (κ1) is 11.3. The molecule has 0 saturated heterocycles. The van der Waals surface area contributed by atoms with E-state index in [1.807, 2.05) is 18.7 Å². The molecule has 2 aromatic rings. The molecule has 1 aromatic carbocycles. The molecule has 3 nitrogen and oxygen atoms in total. The predicted molar refractivity (Wildman–Crippen MR) is 74.0 cm³/mol. The quantitative estimate of drug-likeness (QED) is 0.876. The Bertz CT molecular complexity index is 569. The van der Waals surface area contributed by atoms with Crippen LogP contribution in [0, 0.1) is 6.92 Å². The summed E-state index contributed by atoms with van der Waals surface area (Å²) in [7, 11) is 2.01. The molecule has 94 valence electrons. The Kier molecular flexibility index (Phi) is 2.82. The largest absolute Gasteiger partial charge is 0.385 e. The number of rotatable bonds is 2. The van der Waals surface area contributed by atoms with Gasteiger partial charge in [-0.15, -0.1) is 0 Å². The lowest BCUT2D eigenvalue weighted by molar-refractivity contribution is 0.716. The normalized spacial score (nSPS) is 14.1. The van der Waals surface area contributed by atoms with Crippen LogP contribution in [0.3, 0.4) is 0 Å². The molecule has 18 heavy (non-hydrogen) atoms. The number of fused-ring (bicyclic) bond motifs is 1. The second kappa shape index (κ2) is 4.48. The van der Waals surface area contributed by atoms with Crippen LogP contribution >= 0.6 is 0 Å². The van der Waals surface area contributed by atoms with E-state index in [9.17, 15) is 0 Å². The highest BCUT2D eigenvalue weighted by Gasteiger charge is 2.10. The van der Waals surface area contributed by atoms with E-state index in [1.165, 1.54) is 35.3 Å². The van der Waals surface area contributed by atoms with Crippen LogP contribution in [0.1, 0.15) is 28.9 Å². The first-order valence-electron chi connectivity index (χ1n) is 6.57. The maximum Gasteiger partial charge on any atom is 0.0596 e. The first-order chi connectivity index (χ1) is 8.72. The van der Waals surface area contributed by atoms with Crippen LogP contribution in [0.4, 0.5) is 5.69 Å². The Morgan fingerprint density at radius 2 is 2.22 bits per heavy atom. The molecule has 2 heterocycles. The second-order valence-corrected chi connectivity index (χ2v) is 5.10. The molecule has 0 saturated carbocycles. The molecule has 0 amide bonds. The summed E-state index contributed by atoms with van der Waals surface area (Å²) in [6, 6.07) is 8.96. The fourth-order valence-corrected chi connectivity index (χ4v) is 2.66. The lowest BCUT2D eigenvalue weighted by Gasteiger charge is -2.18. The number of anilines is 1. The van der Waals surface area contributed by atoms with Crippen molar-refractivity contribution in [3.8, 4) is 0 Å². The van der Waals surface area contributed by atoms with Crippen molar-refractivity contribution in [2.45, 2.75) is 26.2 Å². The molecule has 1 aliphatic heterocycles. The smallest absolute Gasteiger partial charge is 0.0596 e. The van der Waals surface area contributed by atoms with Crippen molar-refractivity contribution in [2.24, 2.45) is 7.05 Å². The Hall–Kier alpha value is -1.77. The van der Waals surface area contributed by atoms with Crippen molar-refractivity contribution >= 4 is 5.69 Å². The standard InChI is InChI=1S/C15H19N3/c1-11-8-14(18(2)17-11)9-12-5-6-13-4-3-7-16-15(13)10-12/h5-6,8,10,16H,3-4,7,9H2,1-2H3. The minimum atomic E-state index is 0.951. The summed E-state index contributed by atoms with van der Waals surface area (Å²) in [4.78, 5) is 0. The van der Waals surface area contributed by atoms with Crippen molar-refractivity contribution < 1.29 is 0 Å². The molecule has 0 fully saturated rings. The van der Waals surface area contributed by atoms with E-state index in [1.54, 1.807) is 0 Å². The number of aryl methyl sites for hydroxylation is 3. The third-order valence-corrected chi connectivity index (χ3v) is 3.60. The Balaban J connectivity index is 1.87. The van der Waals surface area contributed by atoms with Crippen molar-refractivity contribution in [2.75, 3.05) is 11.9 Å². The lowest BCUT2D eigenvalue weighted by Crippen LogP contribution is -2.12. The van der Waals surface area contributed by atoms with Crippen LogP contribution in [0.15, 0.2) is 24.3 Å². The highest BCUT2D eigenvalue weighted by molar-refractivity contribution is 5.55. The number of aromatic nitrogens is 2. The molecule has 3 rings (SSSR count). The topological polar surface area (TPSA) is 29.9 Å². The van der Waals surface area contributed by atoms with Gasteiger partial charge in [-0.05, 0) is 43.0 Å². The Morgan fingerprint density at radius 1 is 1.33 bits per heavy atom. The van der Waals surface area contributed by atoms with Gasteiger partial charge in [-0.1, -0.05) is 12.1 Å². The predicted octanol–water partition coefficient (Wildman–Crippen LogP) is 2.68. The van der Waals surface area contributed by atoms with E-state index in [2.05, 4.69) is 34.7 Å². The van der Waals surface area contributed by atoms with E-state index in [4.69, 9.17) is 0 Å². The highest BCUT2D eigenvalue weighted by atomic mass is 15.3. The van der Waals surface area contributed by atoms with Crippen LogP contribution < -0.4 is 5.32 Å². The molecular weight excluding hydrogens is 222 g/mol. The maximum absolute atomic E-state index is 4.40. The fourth-order valence-electron chi connectivity index (χ4n) is 2.66. The number of nitrogens with zero attached hydrogens (tertiary/aromatic N) is 2. The van der Waals surface area contributed by atoms with Gasteiger partial charge >= 0.3 is 0 Å². The summed E-state index contributed by atoms with van der Waals surface area (Å²) >= 11 is 0. The minimum absolute atomic E-state index is 0.951. The average molecular weight is 241 g/mol. The average Bonchev–Trinajstić information content (AvgIpc) is 2.68. The van der Waals surface area contributed by atoms with E-state index < -0.39 is 0 Å². The van der Waals surface area contributed by atoms with E-state index >= 15 is 0 Å². The maximum atomic E-state index is 4.40. The van der Waals surface area contributed by atoms with E-state index in [0.29, 0.717) is 0 Å². The van der Waals surface area contributed by atoms with Gasteiger partial charge in [-0.2, -0.15) is 5.10 Å². The molecule has 1 N–H and O–H groups in total. The molecule has 0 atom stereocenters. The molecule has 1 aromatic heterocycles. The Labute approximate surface area is 108 Å². The van der Waals surface area contributed by atoms with Gasteiger partial charge in [0, 0.05) is 31.4 Å². The van der Waals surface area contributed by atoms with E-state index in [0.717, 1.165) is 18.7 Å². The zero-order valence-corrected chi connectivity index (χ0v) is 11.0. The molecule has 0 spiro atoms. The summed E-state index contributed by atoms with van der Waals surface area (Å²) in [5, 5.41) is 7.88. The zero-order chi connectivity index (χ0) is 12.5. The monoisotopic (exact) mass is 241 g/mol. The minimum Gasteiger partial charge on any atom is -0.385 e. The summed E-state index contributed by atoms with van der Waals surface area (Å²) in [6.07, 6.45) is 3.40. The third kappa shape index (κ3) is 2.13. The summed E-state index contributed by atoms with van der Waals surface area (Å²) in [5.41, 5.74) is 6.47. The van der Waals surface area contributed by atoms with Crippen LogP contribution in [-0.2, 0) is 19.9 Å². The van der Waals surface area contributed by atoms with Gasteiger partial charge in [0.05, 0.1) is 5.69 Å². The molecular formula is C15H19N3. The van der Waals surface area contributed by atoms with Gasteiger partial charge in [0.1, 0.15) is 0 Å². The number of hydrogen-bond donors (Lipinski definition) is 1. The second-order valence-electron chi connectivity index (χ2n) is 5.10. The summed E-state index contributed by atoms with van der Waals surface area (Å²) in [6.45, 7) is 3.14. The first-order valence-corrected chi connectivity index (χ1v) is 6.57. The molecule has 1 aliphatic rings. The van der Waals surface area contributed by atoms with Crippen LogP contribution in [0.25, 0.3) is 0 Å². The van der Waals surface area contributed by atoms with Gasteiger partial charge in [0.2, 0.25) is 0 Å². The number of benzene rings is 1. The number of nitrogens with one attached hydrogen (secondary N) is 1. The molecule has 3 heteroatoms. The van der Waals surface area contributed by atoms with Crippen LogP contribution in [-0.4, -0.2) is 16.3 Å². The molecule has 0 aliphatic carbocycles. The van der Waals surface area contributed by atoms with E-state index in [-0.39, 0.29) is 0 Å². The lowest BCUT2D eigenvalue weighted by atomic mass is 9.99.